The van der Waals surface area contributed by atoms with Crippen LogP contribution in [0.15, 0.2) is 24.3 Å². The number of likely N-dealkylation sites (tertiary alicyclic amines) is 1. The Balaban J connectivity index is 1.72. The van der Waals surface area contributed by atoms with E-state index in [0.29, 0.717) is 25.8 Å². The fraction of sp³-hybridized carbons (Fsp3) is 0.474. The van der Waals surface area contributed by atoms with Crippen LogP contribution < -0.4 is 0 Å². The van der Waals surface area contributed by atoms with Gasteiger partial charge in [0.15, 0.2) is 0 Å². The minimum absolute atomic E-state index is 0.00790. The number of aryl methyl sites for hydroxylation is 2. The van der Waals surface area contributed by atoms with E-state index in [1.165, 1.54) is 12.1 Å². The Kier molecular flexibility index (Phi) is 4.90. The largest absolute Gasteiger partial charge is 0.391 e. The van der Waals surface area contributed by atoms with E-state index in [9.17, 15) is 14.3 Å². The third-order valence-electron chi connectivity index (χ3n) is 5.10. The van der Waals surface area contributed by atoms with Crippen LogP contribution in [0.3, 0.4) is 0 Å². The number of aliphatic hydroxyl groups is 1. The number of nitrogens with zero attached hydrogens (tertiary/aromatic N) is 3. The van der Waals surface area contributed by atoms with Gasteiger partial charge in [-0.25, -0.2) is 4.39 Å². The number of aliphatic hydroxyl groups excluding tert-OH is 1. The highest BCUT2D eigenvalue weighted by Crippen LogP contribution is 2.33. The minimum atomic E-state index is -0.541. The summed E-state index contributed by atoms with van der Waals surface area (Å²) in [5.74, 6) is -0.295. The highest BCUT2D eigenvalue weighted by molar-refractivity contribution is 5.77. The van der Waals surface area contributed by atoms with E-state index in [-0.39, 0.29) is 17.8 Å². The average Bonchev–Trinajstić information content (AvgIpc) is 3.07. The highest BCUT2D eigenvalue weighted by atomic mass is 19.1. The molecule has 5 nitrogen and oxygen atoms in total. The van der Waals surface area contributed by atoms with Gasteiger partial charge in [-0.2, -0.15) is 5.10 Å². The zero-order valence-corrected chi connectivity index (χ0v) is 14.9. The second-order valence-corrected chi connectivity index (χ2v) is 6.78. The lowest BCUT2D eigenvalue weighted by atomic mass is 10.0. The summed E-state index contributed by atoms with van der Waals surface area (Å²) in [5, 5.41) is 14.4. The molecule has 1 aliphatic heterocycles. The predicted octanol–water partition coefficient (Wildman–Crippen LogP) is 2.44. The quantitative estimate of drug-likeness (QED) is 0.926. The van der Waals surface area contributed by atoms with E-state index in [1.807, 2.05) is 25.6 Å². The Morgan fingerprint density at radius 3 is 2.60 bits per heavy atom. The molecular weight excluding hydrogens is 321 g/mol. The molecule has 134 valence electrons. The second-order valence-electron chi connectivity index (χ2n) is 6.78. The first-order valence-electron chi connectivity index (χ1n) is 8.59. The van der Waals surface area contributed by atoms with Gasteiger partial charge in [-0.05, 0) is 49.9 Å². The number of halogens is 1. The summed E-state index contributed by atoms with van der Waals surface area (Å²) in [5.41, 5.74) is 3.99. The van der Waals surface area contributed by atoms with E-state index in [2.05, 4.69) is 5.10 Å². The van der Waals surface area contributed by atoms with Crippen molar-refractivity contribution < 1.29 is 14.3 Å². The summed E-state index contributed by atoms with van der Waals surface area (Å²) >= 11 is 0. The van der Waals surface area contributed by atoms with Crippen molar-refractivity contribution in [3.05, 3.63) is 52.6 Å². The summed E-state index contributed by atoms with van der Waals surface area (Å²) in [6.07, 6.45) is 0.952. The van der Waals surface area contributed by atoms with Gasteiger partial charge in [0, 0.05) is 25.7 Å². The molecule has 1 N–H and O–H groups in total. The Hall–Kier alpha value is -2.21. The van der Waals surface area contributed by atoms with Gasteiger partial charge < -0.3 is 10.0 Å². The summed E-state index contributed by atoms with van der Waals surface area (Å²) in [6, 6.07) is 5.97. The van der Waals surface area contributed by atoms with Crippen molar-refractivity contribution in [3.63, 3.8) is 0 Å². The van der Waals surface area contributed by atoms with Gasteiger partial charge in [0.05, 0.1) is 17.8 Å². The standard InChI is InChI=1S/C19H24FN3O2/c1-12-17(13(2)22(3)21-12)8-9-19(25)23-11-16(24)10-18(23)14-4-6-15(20)7-5-14/h4-7,16,18,24H,8-11H2,1-3H3/t16-,18-/m0/s1. The van der Waals surface area contributed by atoms with Crippen LogP contribution >= 0.6 is 0 Å². The van der Waals surface area contributed by atoms with E-state index >= 15 is 0 Å². The maximum Gasteiger partial charge on any atom is 0.223 e. The van der Waals surface area contributed by atoms with Crippen LogP contribution in [0.5, 0.6) is 0 Å². The molecule has 1 fully saturated rings. The number of β-amino-alcohol motifs (C(OH)–C–C–N with tert-alkyl or cyclic N) is 1. The van der Waals surface area contributed by atoms with E-state index in [4.69, 9.17) is 0 Å². The monoisotopic (exact) mass is 345 g/mol. The SMILES string of the molecule is Cc1nn(C)c(C)c1CCC(=O)N1C[C@@H](O)C[C@H]1c1ccc(F)cc1. The number of benzene rings is 1. The van der Waals surface area contributed by atoms with Crippen molar-refractivity contribution in [1.29, 1.82) is 0 Å². The fourth-order valence-electron chi connectivity index (χ4n) is 3.65. The molecule has 0 spiro atoms. The smallest absolute Gasteiger partial charge is 0.223 e. The Morgan fingerprint density at radius 2 is 2.00 bits per heavy atom. The predicted molar refractivity (Wildman–Crippen MR) is 92.5 cm³/mol. The lowest BCUT2D eigenvalue weighted by molar-refractivity contribution is -0.132. The van der Waals surface area contributed by atoms with Crippen LogP contribution in [0.1, 0.15) is 41.4 Å². The molecule has 0 bridgehead atoms. The molecule has 0 unspecified atom stereocenters. The fourth-order valence-corrected chi connectivity index (χ4v) is 3.65. The third-order valence-corrected chi connectivity index (χ3v) is 5.10. The summed E-state index contributed by atoms with van der Waals surface area (Å²) in [4.78, 5) is 14.5. The Morgan fingerprint density at radius 1 is 1.32 bits per heavy atom. The number of amides is 1. The average molecular weight is 345 g/mol. The molecule has 1 amide bonds. The lowest BCUT2D eigenvalue weighted by Crippen LogP contribution is -2.32. The molecule has 1 aromatic carbocycles. The second kappa shape index (κ2) is 6.96. The molecule has 3 rings (SSSR count). The van der Waals surface area contributed by atoms with Crippen molar-refractivity contribution in [2.75, 3.05) is 6.54 Å². The Bertz CT molecular complexity index is 770. The van der Waals surface area contributed by atoms with E-state index < -0.39 is 6.10 Å². The number of carbonyl (C=O) groups is 1. The van der Waals surface area contributed by atoms with Gasteiger partial charge in [0.25, 0.3) is 0 Å². The molecule has 0 aliphatic carbocycles. The van der Waals surface area contributed by atoms with Gasteiger partial charge in [0.2, 0.25) is 5.91 Å². The van der Waals surface area contributed by atoms with Crippen LogP contribution in [-0.2, 0) is 18.3 Å². The number of carbonyl (C=O) groups excluding carboxylic acids is 1. The number of aromatic nitrogens is 2. The van der Waals surface area contributed by atoms with Crippen LogP contribution in [0.2, 0.25) is 0 Å². The first kappa shape index (κ1) is 17.6. The molecule has 2 aromatic rings. The zero-order chi connectivity index (χ0) is 18.1. The van der Waals surface area contributed by atoms with E-state index in [1.54, 1.807) is 17.0 Å². The number of hydrogen-bond donors (Lipinski definition) is 1. The molecule has 6 heteroatoms. The van der Waals surface area contributed by atoms with Gasteiger partial charge in [-0.1, -0.05) is 12.1 Å². The Labute approximate surface area is 147 Å². The zero-order valence-electron chi connectivity index (χ0n) is 14.9. The molecule has 1 aliphatic rings. The van der Waals surface area contributed by atoms with Crippen molar-refractivity contribution in [3.8, 4) is 0 Å². The minimum Gasteiger partial charge on any atom is -0.391 e. The van der Waals surface area contributed by atoms with Crippen molar-refractivity contribution in [2.45, 2.75) is 45.3 Å². The van der Waals surface area contributed by atoms with Crippen LogP contribution in [0.25, 0.3) is 0 Å². The van der Waals surface area contributed by atoms with Crippen molar-refractivity contribution in [1.82, 2.24) is 14.7 Å². The molecule has 2 atom stereocenters. The first-order chi connectivity index (χ1) is 11.9. The normalized spacial score (nSPS) is 20.3. The maximum atomic E-state index is 13.2. The maximum absolute atomic E-state index is 13.2. The van der Waals surface area contributed by atoms with Crippen LogP contribution in [0, 0.1) is 19.7 Å². The van der Waals surface area contributed by atoms with Crippen molar-refractivity contribution in [2.24, 2.45) is 7.05 Å². The van der Waals surface area contributed by atoms with Gasteiger partial charge in [-0.3, -0.25) is 9.48 Å². The topological polar surface area (TPSA) is 58.4 Å². The van der Waals surface area contributed by atoms with Crippen LogP contribution in [0.4, 0.5) is 4.39 Å². The number of hydrogen-bond acceptors (Lipinski definition) is 3. The molecular formula is C19H24FN3O2. The lowest BCUT2D eigenvalue weighted by Gasteiger charge is -2.25. The summed E-state index contributed by atoms with van der Waals surface area (Å²) < 4.78 is 15.0. The van der Waals surface area contributed by atoms with Gasteiger partial charge in [-0.15, -0.1) is 0 Å². The summed E-state index contributed by atoms with van der Waals surface area (Å²) in [7, 11) is 1.90. The molecule has 25 heavy (non-hydrogen) atoms. The highest BCUT2D eigenvalue weighted by Gasteiger charge is 2.35. The molecule has 2 heterocycles. The molecule has 1 saturated heterocycles. The summed E-state index contributed by atoms with van der Waals surface area (Å²) in [6.45, 7) is 4.28. The van der Waals surface area contributed by atoms with Crippen LogP contribution in [-0.4, -0.2) is 38.3 Å². The molecule has 0 saturated carbocycles. The van der Waals surface area contributed by atoms with Crippen molar-refractivity contribution >= 4 is 5.91 Å². The third kappa shape index (κ3) is 3.58. The van der Waals surface area contributed by atoms with Gasteiger partial charge >= 0.3 is 0 Å². The van der Waals surface area contributed by atoms with E-state index in [0.717, 1.165) is 22.5 Å². The first-order valence-corrected chi connectivity index (χ1v) is 8.59. The molecule has 1 aromatic heterocycles. The number of rotatable bonds is 4. The molecule has 0 radical (unpaired) electrons. The van der Waals surface area contributed by atoms with Gasteiger partial charge in [0.1, 0.15) is 5.82 Å².